The zero-order valence-electron chi connectivity index (χ0n) is 13.6. The summed E-state index contributed by atoms with van der Waals surface area (Å²) in [6.07, 6.45) is 5.72. The Bertz CT molecular complexity index is 774. The number of hydrogen-bond donors (Lipinski definition) is 1. The Kier molecular flexibility index (Phi) is 6.96. The Morgan fingerprint density at radius 3 is 2.33 bits per heavy atom. The monoisotopic (exact) mass is 385 g/mol. The molecule has 0 aromatic heterocycles. The van der Waals surface area contributed by atoms with Gasteiger partial charge in [-0.25, -0.2) is 8.42 Å². The Hall–Kier alpha value is -1.23. The Labute approximate surface area is 154 Å². The van der Waals surface area contributed by atoms with Gasteiger partial charge in [-0.2, -0.15) is 0 Å². The quantitative estimate of drug-likeness (QED) is 0.573. The minimum absolute atomic E-state index is 0.190. The highest BCUT2D eigenvalue weighted by molar-refractivity contribution is 7.92. The molecule has 0 aliphatic carbocycles. The predicted octanol–water partition coefficient (Wildman–Crippen LogP) is 5.92. The van der Waals surface area contributed by atoms with Gasteiger partial charge in [0.2, 0.25) is 0 Å². The molecule has 0 heterocycles. The van der Waals surface area contributed by atoms with Crippen molar-refractivity contribution >= 4 is 38.9 Å². The summed E-state index contributed by atoms with van der Waals surface area (Å²) in [5.41, 5.74) is 1.42. The lowest BCUT2D eigenvalue weighted by molar-refractivity contribution is 0.601. The molecule has 6 heteroatoms. The van der Waals surface area contributed by atoms with Crippen LogP contribution in [0.3, 0.4) is 0 Å². The van der Waals surface area contributed by atoms with Crippen LogP contribution in [0.1, 0.15) is 38.2 Å². The first kappa shape index (κ1) is 19.1. The van der Waals surface area contributed by atoms with Crippen LogP contribution in [0.2, 0.25) is 10.0 Å². The summed E-state index contributed by atoms with van der Waals surface area (Å²) in [4.78, 5) is 0.204. The summed E-state index contributed by atoms with van der Waals surface area (Å²) >= 11 is 11.9. The van der Waals surface area contributed by atoms with E-state index in [0.717, 1.165) is 18.4 Å². The first-order valence-electron chi connectivity index (χ1n) is 8.00. The van der Waals surface area contributed by atoms with Crippen LogP contribution in [-0.2, 0) is 16.4 Å². The first-order chi connectivity index (χ1) is 11.4. The van der Waals surface area contributed by atoms with Crippen LogP contribution in [0.4, 0.5) is 5.69 Å². The molecule has 0 amide bonds. The van der Waals surface area contributed by atoms with Gasteiger partial charge in [0, 0.05) is 0 Å². The van der Waals surface area contributed by atoms with Gasteiger partial charge >= 0.3 is 0 Å². The smallest absolute Gasteiger partial charge is 0.261 e. The third kappa shape index (κ3) is 5.13. The molecule has 0 atom stereocenters. The lowest BCUT2D eigenvalue weighted by atomic mass is 10.1. The minimum Gasteiger partial charge on any atom is -0.278 e. The van der Waals surface area contributed by atoms with Crippen molar-refractivity contribution in [1.82, 2.24) is 0 Å². The summed E-state index contributed by atoms with van der Waals surface area (Å²) in [6.45, 7) is 2.18. The molecule has 0 aliphatic rings. The van der Waals surface area contributed by atoms with Crippen molar-refractivity contribution in [2.24, 2.45) is 0 Å². The molecule has 0 bridgehead atoms. The van der Waals surface area contributed by atoms with Crippen LogP contribution in [0.15, 0.2) is 47.4 Å². The standard InChI is InChI=1S/C18H21Cl2NO2S/c1-2-3-4-5-7-14-10-12-15(13-11-14)24(22,23)21-17-9-6-8-16(19)18(17)20/h6,8-13,21H,2-5,7H2,1H3. The van der Waals surface area contributed by atoms with E-state index < -0.39 is 10.0 Å². The van der Waals surface area contributed by atoms with Crippen LogP contribution in [0.5, 0.6) is 0 Å². The summed E-state index contributed by atoms with van der Waals surface area (Å²) in [7, 11) is -3.69. The molecule has 2 rings (SSSR count). The van der Waals surface area contributed by atoms with E-state index in [0.29, 0.717) is 5.02 Å². The molecule has 0 spiro atoms. The van der Waals surface area contributed by atoms with Gasteiger partial charge in [-0.1, -0.05) is 67.6 Å². The Balaban J connectivity index is 2.08. The van der Waals surface area contributed by atoms with Gasteiger partial charge in [0.05, 0.1) is 20.6 Å². The average molecular weight is 386 g/mol. The Morgan fingerprint density at radius 2 is 1.67 bits per heavy atom. The lowest BCUT2D eigenvalue weighted by Crippen LogP contribution is -2.13. The van der Waals surface area contributed by atoms with E-state index in [2.05, 4.69) is 11.6 Å². The third-order valence-corrected chi connectivity index (χ3v) is 5.95. The zero-order valence-corrected chi connectivity index (χ0v) is 15.9. The Morgan fingerprint density at radius 1 is 0.958 bits per heavy atom. The van der Waals surface area contributed by atoms with Crippen molar-refractivity contribution in [1.29, 1.82) is 0 Å². The molecule has 2 aromatic rings. The molecule has 3 nitrogen and oxygen atoms in total. The first-order valence-corrected chi connectivity index (χ1v) is 10.2. The highest BCUT2D eigenvalue weighted by Gasteiger charge is 2.16. The van der Waals surface area contributed by atoms with E-state index in [1.165, 1.54) is 19.3 Å². The van der Waals surface area contributed by atoms with Crippen molar-refractivity contribution in [2.45, 2.75) is 43.9 Å². The molecule has 2 aromatic carbocycles. The van der Waals surface area contributed by atoms with Crippen molar-refractivity contribution in [2.75, 3.05) is 4.72 Å². The summed E-state index contributed by atoms with van der Waals surface area (Å²) in [6, 6.07) is 11.8. The number of anilines is 1. The van der Waals surface area contributed by atoms with Crippen molar-refractivity contribution in [3.63, 3.8) is 0 Å². The molecule has 1 N–H and O–H groups in total. The molecule has 0 saturated heterocycles. The van der Waals surface area contributed by atoms with Crippen LogP contribution in [0, 0.1) is 0 Å². The molecule has 0 aliphatic heterocycles. The molecule has 0 saturated carbocycles. The summed E-state index contributed by atoms with van der Waals surface area (Å²) < 4.78 is 27.4. The lowest BCUT2D eigenvalue weighted by Gasteiger charge is -2.11. The molecular formula is C18H21Cl2NO2S. The van der Waals surface area contributed by atoms with Crippen LogP contribution in [-0.4, -0.2) is 8.42 Å². The number of hydrogen-bond acceptors (Lipinski definition) is 2. The zero-order chi connectivity index (χ0) is 17.6. The molecular weight excluding hydrogens is 365 g/mol. The van der Waals surface area contributed by atoms with Gasteiger partial charge in [-0.3, -0.25) is 4.72 Å². The fraction of sp³-hybridized carbons (Fsp3) is 0.333. The highest BCUT2D eigenvalue weighted by Crippen LogP contribution is 2.31. The maximum atomic E-state index is 12.5. The van der Waals surface area contributed by atoms with Gasteiger partial charge in [0.25, 0.3) is 10.0 Å². The van der Waals surface area contributed by atoms with E-state index >= 15 is 0 Å². The number of rotatable bonds is 8. The van der Waals surface area contributed by atoms with Crippen LogP contribution < -0.4 is 4.72 Å². The number of nitrogens with one attached hydrogen (secondary N) is 1. The normalized spacial score (nSPS) is 11.5. The van der Waals surface area contributed by atoms with Gasteiger partial charge in [0.1, 0.15) is 0 Å². The molecule has 130 valence electrons. The van der Waals surface area contributed by atoms with E-state index in [1.807, 2.05) is 12.1 Å². The molecule has 0 fully saturated rings. The van der Waals surface area contributed by atoms with Gasteiger partial charge < -0.3 is 0 Å². The number of aryl methyl sites for hydroxylation is 1. The maximum Gasteiger partial charge on any atom is 0.261 e. The fourth-order valence-electron chi connectivity index (χ4n) is 2.38. The highest BCUT2D eigenvalue weighted by atomic mass is 35.5. The topological polar surface area (TPSA) is 46.2 Å². The third-order valence-electron chi connectivity index (χ3n) is 3.75. The summed E-state index contributed by atoms with van der Waals surface area (Å²) in [5.74, 6) is 0. The number of sulfonamides is 1. The number of halogens is 2. The molecule has 0 radical (unpaired) electrons. The maximum absolute atomic E-state index is 12.5. The largest absolute Gasteiger partial charge is 0.278 e. The number of unbranched alkanes of at least 4 members (excludes halogenated alkanes) is 3. The second-order valence-electron chi connectivity index (χ2n) is 5.66. The van der Waals surface area contributed by atoms with Crippen molar-refractivity contribution in [3.05, 3.63) is 58.1 Å². The summed E-state index contributed by atoms with van der Waals surface area (Å²) in [5, 5.41) is 0.495. The number of benzene rings is 2. The van der Waals surface area contributed by atoms with Crippen molar-refractivity contribution < 1.29 is 8.42 Å². The van der Waals surface area contributed by atoms with Crippen LogP contribution in [0.25, 0.3) is 0 Å². The van der Waals surface area contributed by atoms with Crippen molar-refractivity contribution in [3.8, 4) is 0 Å². The molecule has 24 heavy (non-hydrogen) atoms. The van der Waals surface area contributed by atoms with E-state index in [1.54, 1.807) is 30.3 Å². The minimum atomic E-state index is -3.69. The molecule has 0 unspecified atom stereocenters. The SMILES string of the molecule is CCCCCCc1ccc(S(=O)(=O)Nc2cccc(Cl)c2Cl)cc1. The average Bonchev–Trinajstić information content (AvgIpc) is 2.56. The van der Waals surface area contributed by atoms with Gasteiger partial charge in [0.15, 0.2) is 0 Å². The van der Waals surface area contributed by atoms with Gasteiger partial charge in [-0.05, 0) is 42.7 Å². The van der Waals surface area contributed by atoms with E-state index in [9.17, 15) is 8.42 Å². The van der Waals surface area contributed by atoms with Crippen LogP contribution >= 0.6 is 23.2 Å². The van der Waals surface area contributed by atoms with Gasteiger partial charge in [-0.15, -0.1) is 0 Å². The van der Waals surface area contributed by atoms with E-state index in [-0.39, 0.29) is 15.6 Å². The second kappa shape index (κ2) is 8.75. The fourth-order valence-corrected chi connectivity index (χ4v) is 3.85. The second-order valence-corrected chi connectivity index (χ2v) is 8.13. The van der Waals surface area contributed by atoms with E-state index in [4.69, 9.17) is 23.2 Å². The predicted molar refractivity (Wildman–Crippen MR) is 102 cm³/mol.